The molecule has 1 fully saturated rings. The van der Waals surface area contributed by atoms with Gasteiger partial charge in [0.15, 0.2) is 5.82 Å². The molecule has 188 valence electrons. The number of ether oxygens (including phenoxy) is 1. The van der Waals surface area contributed by atoms with Crippen LogP contribution in [0.2, 0.25) is 0 Å². The van der Waals surface area contributed by atoms with Crippen LogP contribution in [0.25, 0.3) is 10.4 Å². The third-order valence-electron chi connectivity index (χ3n) is 6.13. The number of rotatable bonds is 8. The largest absolute Gasteiger partial charge is 0.447 e. The summed E-state index contributed by atoms with van der Waals surface area (Å²) in [4.78, 5) is 18.4. The molecule has 13 heteroatoms. The predicted octanol–water partition coefficient (Wildman–Crippen LogP) is 4.03. The van der Waals surface area contributed by atoms with Gasteiger partial charge in [-0.3, -0.25) is 9.82 Å². The number of benzene rings is 1. The van der Waals surface area contributed by atoms with Crippen LogP contribution in [0.3, 0.4) is 0 Å². The minimum Gasteiger partial charge on any atom is -0.447 e. The molecule has 0 spiro atoms. The van der Waals surface area contributed by atoms with Crippen LogP contribution in [-0.2, 0) is 16.9 Å². The van der Waals surface area contributed by atoms with Gasteiger partial charge in [0.1, 0.15) is 0 Å². The molecule has 0 atom stereocenters. The summed E-state index contributed by atoms with van der Waals surface area (Å²) in [6.45, 7) is 3.67. The number of alkyl carbamates (subject to hydrolysis) is 1. The van der Waals surface area contributed by atoms with Gasteiger partial charge in [-0.15, -0.1) is 11.3 Å². The van der Waals surface area contributed by atoms with E-state index >= 15 is 0 Å². The van der Waals surface area contributed by atoms with E-state index in [9.17, 15) is 4.79 Å². The Labute approximate surface area is 230 Å². The van der Waals surface area contributed by atoms with Crippen LogP contribution in [0.15, 0.2) is 35.4 Å². The van der Waals surface area contributed by atoms with Crippen molar-refractivity contribution >= 4 is 64.4 Å². The highest BCUT2D eigenvalue weighted by molar-refractivity contribution is 7.97. The number of amides is 1. The van der Waals surface area contributed by atoms with Gasteiger partial charge in [0, 0.05) is 53.1 Å². The van der Waals surface area contributed by atoms with Crippen molar-refractivity contribution in [3.63, 3.8) is 0 Å². The normalized spacial score (nSPS) is 18.1. The van der Waals surface area contributed by atoms with Gasteiger partial charge in [-0.1, -0.05) is 11.2 Å². The van der Waals surface area contributed by atoms with Crippen LogP contribution in [0, 0.1) is 0 Å². The lowest BCUT2D eigenvalue weighted by Crippen LogP contribution is -2.38. The van der Waals surface area contributed by atoms with E-state index in [0.717, 1.165) is 69.5 Å². The summed E-state index contributed by atoms with van der Waals surface area (Å²) < 4.78 is 6.94. The second-order valence-corrected chi connectivity index (χ2v) is 11.3. The molecule has 1 saturated carbocycles. The van der Waals surface area contributed by atoms with Gasteiger partial charge in [0.25, 0.3) is 0 Å². The maximum atomic E-state index is 12.0. The third-order valence-corrected chi connectivity index (χ3v) is 7.98. The minimum atomic E-state index is -1.61. The lowest BCUT2D eigenvalue weighted by molar-refractivity contribution is 0.109. The topological polar surface area (TPSA) is 107 Å². The molecule has 4 N–H and O–H groups in total. The number of hydrogen-bond acceptors (Lipinski definition) is 8. The van der Waals surface area contributed by atoms with E-state index in [1.54, 1.807) is 16.0 Å². The summed E-state index contributed by atoms with van der Waals surface area (Å²) in [6.07, 6.45) is 4.75. The molecule has 1 aromatic carbocycles. The third kappa shape index (κ3) is 6.94. The second kappa shape index (κ2) is 11.6. The van der Waals surface area contributed by atoms with Crippen molar-refractivity contribution in [2.45, 2.75) is 67.6 Å². The van der Waals surface area contributed by atoms with Crippen molar-refractivity contribution in [1.29, 1.82) is 0 Å². The Morgan fingerprint density at radius 2 is 1.97 bits per heavy atom. The fraction of sp³-hybridized carbons (Fsp3) is 0.458. The van der Waals surface area contributed by atoms with E-state index in [0.29, 0.717) is 5.69 Å². The number of carbonyl (C=O) groups excluding carboxylic acids is 1. The first-order valence-corrected chi connectivity index (χ1v) is 13.9. The van der Waals surface area contributed by atoms with Gasteiger partial charge in [-0.05, 0) is 63.6 Å². The summed E-state index contributed by atoms with van der Waals surface area (Å²) in [5, 5.41) is 16.0. The Bertz CT molecular complexity index is 1240. The van der Waals surface area contributed by atoms with E-state index < -0.39 is 5.11 Å². The Morgan fingerprint density at radius 1 is 1.24 bits per heavy atom. The Morgan fingerprint density at radius 3 is 2.57 bits per heavy atom. The number of nitrogens with one attached hydrogen (secondary N) is 2. The molecule has 3 aromatic rings. The summed E-state index contributed by atoms with van der Waals surface area (Å²) in [5.74, 6) is 0.953. The molecule has 8 nitrogen and oxygen atoms in total. The summed E-state index contributed by atoms with van der Waals surface area (Å²) >= 11 is 2.68. The van der Waals surface area contributed by atoms with Crippen molar-refractivity contribution in [2.24, 2.45) is 12.2 Å². The first kappa shape index (κ1) is 27.7. The molecule has 0 bridgehead atoms. The number of thiazole rings is 1. The molecular weight excluding hydrogens is 501 g/mol. The molecule has 1 amide bonds. The fourth-order valence-electron chi connectivity index (χ4n) is 4.40. The van der Waals surface area contributed by atoms with Crippen LogP contribution in [0.4, 0.5) is 16.3 Å². The molecule has 0 saturated heterocycles. The van der Waals surface area contributed by atoms with Crippen molar-refractivity contribution < 1.29 is 9.53 Å². The maximum Gasteiger partial charge on any atom is 0.407 e. The zero-order chi connectivity index (χ0) is 26.7. The Hall–Kier alpha value is -2.37. The highest BCUT2D eigenvalue weighted by Gasteiger charge is 2.30. The first-order chi connectivity index (χ1) is 17.5. The van der Waals surface area contributed by atoms with E-state index in [-0.39, 0.29) is 24.2 Å². The summed E-state index contributed by atoms with van der Waals surface area (Å²) in [5.41, 5.74) is 2.16. The molecule has 2 aromatic heterocycles. The SMILES string of the molecule is [B]C([B])([B])c1nc(C2CCC(NC(=O)OC(C)C)CC2)sc1-c1ccc(Nc2ccn(C)n2)cc1SN. The quantitative estimate of drug-likeness (QED) is 0.299. The van der Waals surface area contributed by atoms with Gasteiger partial charge in [-0.25, -0.2) is 9.78 Å². The van der Waals surface area contributed by atoms with Crippen molar-refractivity contribution in [2.75, 3.05) is 5.32 Å². The van der Waals surface area contributed by atoms with E-state index in [2.05, 4.69) is 15.7 Å². The van der Waals surface area contributed by atoms with E-state index in [4.69, 9.17) is 38.4 Å². The number of aryl methyl sites for hydroxylation is 1. The zero-order valence-electron chi connectivity index (χ0n) is 21.2. The van der Waals surface area contributed by atoms with Crippen molar-refractivity contribution in [1.82, 2.24) is 20.1 Å². The van der Waals surface area contributed by atoms with Gasteiger partial charge < -0.3 is 15.4 Å². The lowest BCUT2D eigenvalue weighted by Gasteiger charge is -2.28. The lowest BCUT2D eigenvalue weighted by atomic mass is 9.41. The van der Waals surface area contributed by atoms with Gasteiger partial charge in [0.2, 0.25) is 0 Å². The Balaban J connectivity index is 1.55. The predicted molar refractivity (Wildman–Crippen MR) is 153 cm³/mol. The monoisotopic (exact) mass is 530 g/mol. The van der Waals surface area contributed by atoms with E-state index in [1.165, 1.54) is 0 Å². The number of nitrogens with two attached hydrogens (primary N) is 1. The molecule has 4 rings (SSSR count). The standard InChI is InChI=1S/C24H29B3N6O2S2/c1-13(2)35-23(34)30-15-6-4-14(5-7-15)22-31-21(24(25,26)27)20(36-22)17-9-8-16(12-18(17)37-28)29-19-10-11-33(3)32-19/h8-15H,4-7,28H2,1-3H3,(H,29,32)(H,30,34). The summed E-state index contributed by atoms with van der Waals surface area (Å²) in [7, 11) is 20.3. The van der Waals surface area contributed by atoms with Gasteiger partial charge in [-0.2, -0.15) is 5.10 Å². The van der Waals surface area contributed by atoms with Crippen LogP contribution in [0.1, 0.15) is 56.2 Å². The fourth-order valence-corrected chi connectivity index (χ4v) is 6.31. The molecule has 1 aliphatic carbocycles. The average molecular weight is 530 g/mol. The highest BCUT2D eigenvalue weighted by atomic mass is 32.2. The Kier molecular flexibility index (Phi) is 8.65. The number of carbonyl (C=O) groups is 1. The van der Waals surface area contributed by atoms with Gasteiger partial charge >= 0.3 is 6.09 Å². The average Bonchev–Trinajstić information content (AvgIpc) is 3.45. The van der Waals surface area contributed by atoms with Crippen LogP contribution >= 0.6 is 23.3 Å². The number of nitrogens with zero attached hydrogens (tertiary/aromatic N) is 3. The van der Waals surface area contributed by atoms with Crippen LogP contribution < -0.4 is 15.8 Å². The minimum absolute atomic E-state index is 0.0819. The smallest absolute Gasteiger partial charge is 0.407 e. The van der Waals surface area contributed by atoms with Crippen LogP contribution in [0.5, 0.6) is 0 Å². The van der Waals surface area contributed by atoms with Crippen molar-refractivity contribution in [3.05, 3.63) is 41.2 Å². The highest BCUT2D eigenvalue weighted by Crippen LogP contribution is 2.44. The van der Waals surface area contributed by atoms with Crippen molar-refractivity contribution in [3.8, 4) is 10.4 Å². The van der Waals surface area contributed by atoms with Gasteiger partial charge in [0.05, 0.1) is 39.5 Å². The second-order valence-electron chi connectivity index (χ2n) is 9.64. The number of anilines is 2. The molecule has 6 radical (unpaired) electrons. The zero-order valence-corrected chi connectivity index (χ0v) is 22.9. The molecule has 37 heavy (non-hydrogen) atoms. The maximum absolute atomic E-state index is 12.0. The molecule has 1 aliphatic rings. The molecule has 0 aliphatic heterocycles. The first-order valence-electron chi connectivity index (χ1n) is 12.2. The summed E-state index contributed by atoms with van der Waals surface area (Å²) in [6, 6.07) is 7.84. The number of hydrogen-bond donors (Lipinski definition) is 3. The number of aromatic nitrogens is 3. The van der Waals surface area contributed by atoms with Crippen LogP contribution in [-0.4, -0.2) is 56.5 Å². The molecule has 0 unspecified atom stereocenters. The molecular formula is C24H29B3N6O2S2. The molecule has 2 heterocycles. The van der Waals surface area contributed by atoms with E-state index in [1.807, 2.05) is 51.4 Å².